The van der Waals surface area contributed by atoms with E-state index in [4.69, 9.17) is 9.47 Å². The van der Waals surface area contributed by atoms with Crippen molar-refractivity contribution in [2.75, 3.05) is 14.2 Å². The highest BCUT2D eigenvalue weighted by Crippen LogP contribution is 2.36. The van der Waals surface area contributed by atoms with Crippen LogP contribution < -0.4 is 14.8 Å². The molecule has 1 heterocycles. The summed E-state index contributed by atoms with van der Waals surface area (Å²) in [4.78, 5) is 0. The molecule has 0 aliphatic rings. The molecule has 1 N–H and O–H groups in total. The number of rotatable bonds is 5. The van der Waals surface area contributed by atoms with Crippen molar-refractivity contribution < 1.29 is 9.47 Å². The van der Waals surface area contributed by atoms with E-state index in [0.29, 0.717) is 5.75 Å². The molecule has 0 saturated heterocycles. The zero-order chi connectivity index (χ0) is 13.8. The summed E-state index contributed by atoms with van der Waals surface area (Å²) in [6.07, 6.45) is 3.51. The topological polar surface area (TPSA) is 48.3 Å². The number of hydrogen-bond donors (Lipinski definition) is 1. The fraction of sp³-hybridized carbons (Fsp3) is 0.357. The Bertz CT molecular complexity index is 551. The highest BCUT2D eigenvalue weighted by Gasteiger charge is 2.16. The van der Waals surface area contributed by atoms with Crippen LogP contribution in [0.15, 0.2) is 30.6 Å². The summed E-state index contributed by atoms with van der Waals surface area (Å²) in [5.74, 6) is 2.29. The molecule has 0 radical (unpaired) electrons. The zero-order valence-corrected chi connectivity index (χ0v) is 11.7. The van der Waals surface area contributed by atoms with Gasteiger partial charge in [0.2, 0.25) is 0 Å². The van der Waals surface area contributed by atoms with Crippen LogP contribution in [-0.2, 0) is 7.05 Å². The maximum atomic E-state index is 5.89. The molecule has 0 fully saturated rings. The van der Waals surface area contributed by atoms with Gasteiger partial charge in [-0.05, 0) is 26.1 Å². The van der Waals surface area contributed by atoms with Gasteiger partial charge in [0.15, 0.2) is 5.75 Å². The lowest BCUT2D eigenvalue weighted by Gasteiger charge is -2.18. The van der Waals surface area contributed by atoms with Gasteiger partial charge in [0.1, 0.15) is 11.5 Å². The Morgan fingerprint density at radius 1 is 1.32 bits per heavy atom. The standard InChI is InChI=1S/C14H19N3O2/c1-10(15-2)14-12(18-4)6-5-7-13(14)19-11-8-16-17(3)9-11/h5-10,15H,1-4H3. The van der Waals surface area contributed by atoms with Gasteiger partial charge in [0, 0.05) is 13.1 Å². The third kappa shape index (κ3) is 2.88. The van der Waals surface area contributed by atoms with Crippen LogP contribution in [0.25, 0.3) is 0 Å². The molecule has 102 valence electrons. The van der Waals surface area contributed by atoms with Crippen molar-refractivity contribution in [2.24, 2.45) is 7.05 Å². The lowest BCUT2D eigenvalue weighted by atomic mass is 10.1. The van der Waals surface area contributed by atoms with Crippen LogP contribution in [0, 0.1) is 0 Å². The number of methoxy groups -OCH3 is 1. The molecule has 2 aromatic rings. The number of hydrogen-bond acceptors (Lipinski definition) is 4. The second-order valence-corrected chi connectivity index (χ2v) is 4.33. The molecule has 0 aliphatic carbocycles. The van der Waals surface area contributed by atoms with Gasteiger partial charge in [-0.3, -0.25) is 4.68 Å². The van der Waals surface area contributed by atoms with Crippen LogP contribution in [-0.4, -0.2) is 23.9 Å². The number of aromatic nitrogens is 2. The number of aryl methyl sites for hydroxylation is 1. The first kappa shape index (κ1) is 13.4. The van der Waals surface area contributed by atoms with Gasteiger partial charge in [-0.15, -0.1) is 0 Å². The molecule has 1 aromatic heterocycles. The largest absolute Gasteiger partial charge is 0.496 e. The average molecular weight is 261 g/mol. The molecule has 2 rings (SSSR count). The second-order valence-electron chi connectivity index (χ2n) is 4.33. The normalized spacial score (nSPS) is 12.2. The molecule has 0 amide bonds. The predicted octanol–water partition coefficient (Wildman–Crippen LogP) is 2.50. The van der Waals surface area contributed by atoms with Crippen molar-refractivity contribution in [3.63, 3.8) is 0 Å². The SMILES string of the molecule is CNC(C)c1c(OC)cccc1Oc1cnn(C)c1. The lowest BCUT2D eigenvalue weighted by molar-refractivity contribution is 0.393. The van der Waals surface area contributed by atoms with Crippen molar-refractivity contribution in [3.8, 4) is 17.2 Å². The molecule has 1 atom stereocenters. The lowest BCUT2D eigenvalue weighted by Crippen LogP contribution is -2.14. The number of benzene rings is 1. The van der Waals surface area contributed by atoms with E-state index in [1.165, 1.54) is 0 Å². The van der Waals surface area contributed by atoms with Crippen molar-refractivity contribution in [1.82, 2.24) is 15.1 Å². The summed E-state index contributed by atoms with van der Waals surface area (Å²) < 4.78 is 13.0. The number of ether oxygens (including phenoxy) is 2. The van der Waals surface area contributed by atoms with Crippen LogP contribution >= 0.6 is 0 Å². The van der Waals surface area contributed by atoms with E-state index in [1.54, 1.807) is 18.0 Å². The van der Waals surface area contributed by atoms with Gasteiger partial charge < -0.3 is 14.8 Å². The Balaban J connectivity index is 2.38. The Labute approximate surface area is 113 Å². The molecule has 1 aromatic carbocycles. The monoisotopic (exact) mass is 261 g/mol. The van der Waals surface area contributed by atoms with Gasteiger partial charge in [-0.25, -0.2) is 0 Å². The second kappa shape index (κ2) is 5.75. The first-order valence-electron chi connectivity index (χ1n) is 6.16. The van der Waals surface area contributed by atoms with E-state index in [9.17, 15) is 0 Å². The van der Waals surface area contributed by atoms with Gasteiger partial charge in [-0.1, -0.05) is 6.07 Å². The summed E-state index contributed by atoms with van der Waals surface area (Å²) in [5.41, 5.74) is 0.997. The molecule has 19 heavy (non-hydrogen) atoms. The third-order valence-electron chi connectivity index (χ3n) is 3.02. The van der Waals surface area contributed by atoms with Gasteiger partial charge in [0.05, 0.1) is 25.1 Å². The molecule has 5 heteroatoms. The van der Waals surface area contributed by atoms with Gasteiger partial charge >= 0.3 is 0 Å². The van der Waals surface area contributed by atoms with Gasteiger partial charge in [0.25, 0.3) is 0 Å². The van der Waals surface area contributed by atoms with E-state index < -0.39 is 0 Å². The number of nitrogens with one attached hydrogen (secondary N) is 1. The Morgan fingerprint density at radius 2 is 2.05 bits per heavy atom. The average Bonchev–Trinajstić information content (AvgIpc) is 2.83. The Morgan fingerprint density at radius 3 is 2.63 bits per heavy atom. The fourth-order valence-electron chi connectivity index (χ4n) is 1.94. The summed E-state index contributed by atoms with van der Waals surface area (Å²) in [7, 11) is 5.43. The first-order valence-corrected chi connectivity index (χ1v) is 6.16. The van der Waals surface area contributed by atoms with Gasteiger partial charge in [-0.2, -0.15) is 5.10 Å². The minimum absolute atomic E-state index is 0.128. The van der Waals surface area contributed by atoms with E-state index in [1.807, 2.05) is 38.5 Å². The molecule has 0 spiro atoms. The van der Waals surface area contributed by atoms with Crippen molar-refractivity contribution in [2.45, 2.75) is 13.0 Å². The molecular formula is C14H19N3O2. The van der Waals surface area contributed by atoms with Crippen LogP contribution in [0.5, 0.6) is 17.2 Å². The van der Waals surface area contributed by atoms with Crippen molar-refractivity contribution in [1.29, 1.82) is 0 Å². The Kier molecular flexibility index (Phi) is 4.06. The fourth-order valence-corrected chi connectivity index (χ4v) is 1.94. The predicted molar refractivity (Wildman–Crippen MR) is 73.8 cm³/mol. The first-order chi connectivity index (χ1) is 9.15. The van der Waals surface area contributed by atoms with Crippen LogP contribution in [0.1, 0.15) is 18.5 Å². The van der Waals surface area contributed by atoms with E-state index in [0.717, 1.165) is 17.1 Å². The maximum Gasteiger partial charge on any atom is 0.165 e. The van der Waals surface area contributed by atoms with E-state index >= 15 is 0 Å². The van der Waals surface area contributed by atoms with Crippen molar-refractivity contribution in [3.05, 3.63) is 36.2 Å². The minimum Gasteiger partial charge on any atom is -0.496 e. The molecule has 5 nitrogen and oxygen atoms in total. The highest BCUT2D eigenvalue weighted by atomic mass is 16.5. The molecule has 0 bridgehead atoms. The summed E-state index contributed by atoms with van der Waals surface area (Å²) in [5, 5.41) is 7.30. The maximum absolute atomic E-state index is 5.89. The van der Waals surface area contributed by atoms with Crippen LogP contribution in [0.2, 0.25) is 0 Å². The van der Waals surface area contributed by atoms with Crippen LogP contribution in [0.3, 0.4) is 0 Å². The smallest absolute Gasteiger partial charge is 0.165 e. The van der Waals surface area contributed by atoms with E-state index in [2.05, 4.69) is 17.3 Å². The highest BCUT2D eigenvalue weighted by molar-refractivity contribution is 5.48. The third-order valence-corrected chi connectivity index (χ3v) is 3.02. The van der Waals surface area contributed by atoms with Crippen molar-refractivity contribution >= 4 is 0 Å². The van der Waals surface area contributed by atoms with E-state index in [-0.39, 0.29) is 6.04 Å². The molecule has 0 aliphatic heterocycles. The summed E-state index contributed by atoms with van der Waals surface area (Å²) in [6, 6.07) is 5.90. The molecule has 1 unspecified atom stereocenters. The molecule has 0 saturated carbocycles. The Hall–Kier alpha value is -2.01. The minimum atomic E-state index is 0.128. The number of nitrogens with zero attached hydrogens (tertiary/aromatic N) is 2. The zero-order valence-electron chi connectivity index (χ0n) is 11.7. The molecular weight excluding hydrogens is 242 g/mol. The summed E-state index contributed by atoms with van der Waals surface area (Å²) >= 11 is 0. The quantitative estimate of drug-likeness (QED) is 0.898. The van der Waals surface area contributed by atoms with Crippen LogP contribution in [0.4, 0.5) is 0 Å². The summed E-state index contributed by atoms with van der Waals surface area (Å²) in [6.45, 7) is 2.06.